The van der Waals surface area contributed by atoms with Gasteiger partial charge in [-0.3, -0.25) is 29.4 Å². The van der Waals surface area contributed by atoms with Crippen molar-refractivity contribution in [3.63, 3.8) is 0 Å². The number of ether oxygens (including phenoxy) is 2. The van der Waals surface area contributed by atoms with E-state index in [0.29, 0.717) is 17.3 Å². The standard InChI is InChI=1S/C20H14N2O8S/c1-29-17(23)11-21-18(24)16(31-20(21)26)10-12-3-2-4-15(9-12)30-19(25)13-5-7-14(8-6-13)22(27)28/h2-10H,11H2,1H3/b16-10-. The molecule has 2 aromatic rings. The van der Waals surface area contributed by atoms with Crippen LogP contribution in [0.5, 0.6) is 5.75 Å². The summed E-state index contributed by atoms with van der Waals surface area (Å²) in [5, 5.41) is 10.1. The summed E-state index contributed by atoms with van der Waals surface area (Å²) in [4.78, 5) is 59.0. The lowest BCUT2D eigenvalue weighted by Crippen LogP contribution is -2.34. The van der Waals surface area contributed by atoms with Crippen molar-refractivity contribution < 1.29 is 33.6 Å². The van der Waals surface area contributed by atoms with Crippen molar-refractivity contribution >= 4 is 46.6 Å². The molecule has 0 bridgehead atoms. The van der Waals surface area contributed by atoms with Gasteiger partial charge in [0.1, 0.15) is 12.3 Å². The van der Waals surface area contributed by atoms with Crippen LogP contribution < -0.4 is 4.74 Å². The summed E-state index contributed by atoms with van der Waals surface area (Å²) in [6.07, 6.45) is 1.44. The van der Waals surface area contributed by atoms with Crippen LogP contribution in [-0.2, 0) is 14.3 Å². The summed E-state index contributed by atoms with van der Waals surface area (Å²) >= 11 is 0.677. The number of rotatable bonds is 6. The Balaban J connectivity index is 1.73. The van der Waals surface area contributed by atoms with Gasteiger partial charge in [-0.25, -0.2) is 4.79 Å². The van der Waals surface area contributed by atoms with Crippen molar-refractivity contribution in [1.29, 1.82) is 0 Å². The Morgan fingerprint density at radius 2 is 1.87 bits per heavy atom. The maximum Gasteiger partial charge on any atom is 0.343 e. The number of nitro groups is 1. The molecule has 0 unspecified atom stereocenters. The summed E-state index contributed by atoms with van der Waals surface area (Å²) in [7, 11) is 1.15. The summed E-state index contributed by atoms with van der Waals surface area (Å²) < 4.78 is 9.75. The number of thioether (sulfide) groups is 1. The van der Waals surface area contributed by atoms with Crippen LogP contribution in [0.1, 0.15) is 15.9 Å². The summed E-state index contributed by atoms with van der Waals surface area (Å²) in [6.45, 7) is -0.481. The van der Waals surface area contributed by atoms with Crippen molar-refractivity contribution in [3.05, 3.63) is 74.7 Å². The minimum absolute atomic E-state index is 0.104. The molecule has 3 rings (SSSR count). The molecule has 0 saturated carbocycles. The number of nitro benzene ring substituents is 1. The molecule has 0 radical (unpaired) electrons. The molecule has 1 fully saturated rings. The summed E-state index contributed by atoms with van der Waals surface area (Å²) in [5.74, 6) is -1.89. The number of hydrogen-bond acceptors (Lipinski definition) is 9. The van der Waals surface area contributed by atoms with E-state index in [1.807, 2.05) is 0 Å². The number of benzene rings is 2. The molecule has 2 amide bonds. The van der Waals surface area contributed by atoms with Gasteiger partial charge in [-0.15, -0.1) is 0 Å². The predicted octanol–water partition coefficient (Wildman–Crippen LogP) is 3.02. The molecule has 1 aliphatic rings. The van der Waals surface area contributed by atoms with Gasteiger partial charge in [-0.05, 0) is 47.7 Å². The quantitative estimate of drug-likeness (QED) is 0.218. The van der Waals surface area contributed by atoms with Crippen LogP contribution in [0.15, 0.2) is 53.4 Å². The van der Waals surface area contributed by atoms with Crippen molar-refractivity contribution in [1.82, 2.24) is 4.90 Å². The minimum atomic E-state index is -0.719. The van der Waals surface area contributed by atoms with Crippen LogP contribution in [0.4, 0.5) is 10.5 Å². The third-order valence-corrected chi connectivity index (χ3v) is 4.98. The highest BCUT2D eigenvalue weighted by Gasteiger charge is 2.36. The van der Waals surface area contributed by atoms with Crippen molar-refractivity contribution in [2.75, 3.05) is 13.7 Å². The lowest BCUT2D eigenvalue weighted by Gasteiger charge is -2.09. The van der Waals surface area contributed by atoms with E-state index in [0.717, 1.165) is 12.0 Å². The zero-order valence-corrected chi connectivity index (χ0v) is 16.8. The Hall–Kier alpha value is -3.99. The molecular weight excluding hydrogens is 428 g/mol. The summed E-state index contributed by atoms with van der Waals surface area (Å²) in [5.41, 5.74) is 0.456. The number of carbonyl (C=O) groups is 4. The zero-order chi connectivity index (χ0) is 22.5. The average molecular weight is 442 g/mol. The molecule has 2 aromatic carbocycles. The van der Waals surface area contributed by atoms with E-state index < -0.39 is 34.6 Å². The van der Waals surface area contributed by atoms with E-state index in [2.05, 4.69) is 4.74 Å². The second kappa shape index (κ2) is 9.22. The van der Waals surface area contributed by atoms with E-state index in [4.69, 9.17) is 4.74 Å². The molecule has 158 valence electrons. The number of non-ortho nitro benzene ring substituents is 1. The fourth-order valence-corrected chi connectivity index (χ4v) is 3.37. The molecule has 10 nitrogen and oxygen atoms in total. The van der Waals surface area contributed by atoms with Gasteiger partial charge < -0.3 is 9.47 Å². The third-order valence-electron chi connectivity index (χ3n) is 4.07. The smallest absolute Gasteiger partial charge is 0.343 e. The maximum atomic E-state index is 12.4. The largest absolute Gasteiger partial charge is 0.468 e. The Morgan fingerprint density at radius 3 is 2.52 bits per heavy atom. The Labute approximate surface area is 179 Å². The van der Waals surface area contributed by atoms with Crippen LogP contribution in [0.2, 0.25) is 0 Å². The topological polar surface area (TPSA) is 133 Å². The molecule has 1 aliphatic heterocycles. The average Bonchev–Trinajstić information content (AvgIpc) is 3.01. The highest BCUT2D eigenvalue weighted by molar-refractivity contribution is 8.18. The van der Waals surface area contributed by atoms with Crippen molar-refractivity contribution in [3.8, 4) is 5.75 Å². The van der Waals surface area contributed by atoms with Crippen molar-refractivity contribution in [2.24, 2.45) is 0 Å². The second-order valence-electron chi connectivity index (χ2n) is 6.11. The Kier molecular flexibility index (Phi) is 6.46. The van der Waals surface area contributed by atoms with Crippen LogP contribution in [0.25, 0.3) is 6.08 Å². The fraction of sp³-hybridized carbons (Fsp3) is 0.100. The predicted molar refractivity (Wildman–Crippen MR) is 109 cm³/mol. The van der Waals surface area contributed by atoms with Crippen LogP contribution in [0.3, 0.4) is 0 Å². The monoisotopic (exact) mass is 442 g/mol. The SMILES string of the molecule is COC(=O)CN1C(=O)S/C(=C\c2cccc(OC(=O)c3ccc([N+](=O)[O-])cc3)c2)C1=O. The molecule has 1 heterocycles. The number of nitrogens with zero attached hydrogens (tertiary/aromatic N) is 2. The van der Waals surface area contributed by atoms with E-state index >= 15 is 0 Å². The van der Waals surface area contributed by atoms with Gasteiger partial charge in [0.25, 0.3) is 16.8 Å². The fourth-order valence-electron chi connectivity index (χ4n) is 2.53. The Morgan fingerprint density at radius 1 is 1.16 bits per heavy atom. The van der Waals surface area contributed by atoms with E-state index in [-0.39, 0.29) is 21.9 Å². The minimum Gasteiger partial charge on any atom is -0.468 e. The molecular formula is C20H14N2O8S. The van der Waals surface area contributed by atoms with Gasteiger partial charge in [-0.1, -0.05) is 12.1 Å². The van der Waals surface area contributed by atoms with Crippen LogP contribution >= 0.6 is 11.8 Å². The molecule has 0 N–H and O–H groups in total. The second-order valence-corrected chi connectivity index (χ2v) is 7.10. The van der Waals surface area contributed by atoms with Gasteiger partial charge in [0, 0.05) is 12.1 Å². The van der Waals surface area contributed by atoms with E-state index in [1.165, 1.54) is 42.5 Å². The normalized spacial score (nSPS) is 14.6. The highest BCUT2D eigenvalue weighted by atomic mass is 32.2. The molecule has 0 aromatic heterocycles. The zero-order valence-electron chi connectivity index (χ0n) is 16.0. The highest BCUT2D eigenvalue weighted by Crippen LogP contribution is 2.32. The molecule has 0 aliphatic carbocycles. The van der Waals surface area contributed by atoms with Gasteiger partial charge in [0.2, 0.25) is 0 Å². The number of hydrogen-bond donors (Lipinski definition) is 0. The number of carbonyl (C=O) groups excluding carboxylic acids is 4. The molecule has 11 heteroatoms. The van der Waals surface area contributed by atoms with E-state index in [9.17, 15) is 29.3 Å². The van der Waals surface area contributed by atoms with Gasteiger partial charge in [0.15, 0.2) is 0 Å². The van der Waals surface area contributed by atoms with Crippen LogP contribution in [0, 0.1) is 10.1 Å². The lowest BCUT2D eigenvalue weighted by atomic mass is 10.2. The van der Waals surface area contributed by atoms with Gasteiger partial charge >= 0.3 is 11.9 Å². The van der Waals surface area contributed by atoms with Gasteiger partial charge in [0.05, 0.1) is 22.5 Å². The third kappa shape index (κ3) is 5.14. The number of imide groups is 1. The molecule has 0 atom stereocenters. The first-order valence-corrected chi connectivity index (χ1v) is 9.49. The number of esters is 2. The molecule has 0 spiro atoms. The van der Waals surface area contributed by atoms with Crippen molar-refractivity contribution in [2.45, 2.75) is 0 Å². The van der Waals surface area contributed by atoms with Crippen LogP contribution in [-0.4, -0.2) is 46.6 Å². The number of methoxy groups -OCH3 is 1. The van der Waals surface area contributed by atoms with E-state index in [1.54, 1.807) is 12.1 Å². The van der Waals surface area contributed by atoms with Gasteiger partial charge in [-0.2, -0.15) is 0 Å². The first kappa shape index (κ1) is 21.7. The molecule has 1 saturated heterocycles. The Bertz CT molecular complexity index is 1110. The first-order chi connectivity index (χ1) is 14.8. The molecule has 31 heavy (non-hydrogen) atoms. The number of amides is 2. The first-order valence-electron chi connectivity index (χ1n) is 8.67. The lowest BCUT2D eigenvalue weighted by molar-refractivity contribution is -0.384. The summed E-state index contributed by atoms with van der Waals surface area (Å²) in [6, 6.07) is 11.2. The maximum absolute atomic E-state index is 12.4.